The predicted molar refractivity (Wildman–Crippen MR) is 374 cm³/mol. The maximum absolute atomic E-state index is 11.5. The van der Waals surface area contributed by atoms with Crippen molar-refractivity contribution in [1.29, 1.82) is 0 Å². The first-order valence-corrected chi connectivity index (χ1v) is 38.6. The van der Waals surface area contributed by atoms with Gasteiger partial charge >= 0.3 is 76.8 Å². The Morgan fingerprint density at radius 2 is 0.806 bits per heavy atom. The van der Waals surface area contributed by atoms with Gasteiger partial charge in [0.15, 0.2) is 5.11 Å². The van der Waals surface area contributed by atoms with Gasteiger partial charge in [-0.3, -0.25) is 67.7 Å². The number of nitrogens with one attached hydrogen (secondary N) is 1. The van der Waals surface area contributed by atoms with Crippen molar-refractivity contribution in [3.63, 3.8) is 0 Å². The van der Waals surface area contributed by atoms with E-state index in [1.165, 1.54) is 120 Å². The Morgan fingerprint density at radius 1 is 0.398 bits per heavy atom. The van der Waals surface area contributed by atoms with Crippen LogP contribution in [0.25, 0.3) is 0 Å². The molecule has 9 aliphatic heterocycles. The third kappa shape index (κ3) is 23.4. The normalized spacial score (nSPS) is 24.7. The standard InChI is InChI=1S/C7H12N2O2.C7H12N2OS.C6H13N3O3S.2C6H12N2O3S.C6H8N2O3.C6H10N2O2.C5H11N3O3S.C5H10N2O3S/c1-4-5(2)8-7(11)9(3)6(4)10;1-7(2)5(10)8(3)6(11)9(7)4;1-7-4-5-8(2)13(11,12)9(3)6(7)10;1-7-4-3-5-12(10,11)8(2)6(7)9;1-7-5-3-4-6(9)8(2)12(7,10)11;1-7-3-4(9)8(2)6(11)5(7)10;1-7-3-5(9)8(2)6(10)4-7;1-6-4-7(2)12(10,11)8(3)5(6)9;1-6-4-3-5(8)7(2)11(6,9)10/h4-5H,1-3H3,(H,8,11);1-4H3;4-5H2,1-3H3;2*3-5H2,1-2H3;3H2,1-2H3;3-4H2,1-2H3;4H2,1-3H3;3-4H2,1-2H3. The van der Waals surface area contributed by atoms with E-state index in [1.807, 2.05) is 39.6 Å². The first-order chi connectivity index (χ1) is 46.7. The van der Waals surface area contributed by atoms with Gasteiger partial charge in [0.1, 0.15) is 12.1 Å². The summed E-state index contributed by atoms with van der Waals surface area (Å²) in [5.74, 6) is -2.78. The minimum absolute atomic E-state index is 0.0128. The summed E-state index contributed by atoms with van der Waals surface area (Å²) in [5.41, 5.74) is -0.466. The van der Waals surface area contributed by atoms with Crippen LogP contribution in [0.1, 0.15) is 53.4 Å². The van der Waals surface area contributed by atoms with E-state index in [2.05, 4.69) is 5.32 Å². The Morgan fingerprint density at radius 3 is 1.26 bits per heavy atom. The van der Waals surface area contributed by atoms with E-state index in [1.54, 1.807) is 40.1 Å². The monoisotopic (exact) mass is 1590 g/mol. The molecule has 0 aromatic carbocycles. The second-order valence-electron chi connectivity index (χ2n) is 24.9. The molecule has 9 fully saturated rings. The van der Waals surface area contributed by atoms with Crippen molar-refractivity contribution in [3.8, 4) is 0 Å². The van der Waals surface area contributed by atoms with E-state index in [0.29, 0.717) is 63.6 Å². The number of amides is 17. The summed E-state index contributed by atoms with van der Waals surface area (Å²) in [6, 6.07) is -1.81. The van der Waals surface area contributed by atoms with Gasteiger partial charge in [-0.2, -0.15) is 50.9 Å². The molecule has 2 unspecified atom stereocenters. The fourth-order valence-corrected chi connectivity index (χ4v) is 14.7. The van der Waals surface area contributed by atoms with Crippen LogP contribution in [0.4, 0.5) is 19.2 Å². The number of carbonyl (C=O) groups is 13. The lowest BCUT2D eigenvalue weighted by Crippen LogP contribution is -2.56. The minimum Gasteiger partial charge on any atom is -0.338 e. The zero-order valence-corrected chi connectivity index (χ0v) is 67.3. The number of likely N-dealkylation sites (N-methyl/N-ethyl adjacent to an activating group) is 8. The predicted octanol–water partition coefficient (Wildman–Crippen LogP) is -5.57. The van der Waals surface area contributed by atoms with Gasteiger partial charge in [-0.05, 0) is 52.9 Å². The summed E-state index contributed by atoms with van der Waals surface area (Å²) < 4.78 is 122. The summed E-state index contributed by atoms with van der Waals surface area (Å²) in [7, 11) is 10.5. The highest BCUT2D eigenvalue weighted by atomic mass is 32.2. The van der Waals surface area contributed by atoms with E-state index in [9.17, 15) is 104 Å². The molecule has 0 aromatic rings. The molecule has 1 N–H and O–H groups in total. The smallest absolute Gasteiger partial charge is 0.335 e. The molecule has 590 valence electrons. The van der Waals surface area contributed by atoms with E-state index < -0.39 is 86.3 Å². The number of carbonyl (C=O) groups excluding carboxylic acids is 13. The summed E-state index contributed by atoms with van der Waals surface area (Å²) in [6.45, 7) is 10.1. The van der Waals surface area contributed by atoms with Crippen LogP contribution in [0.5, 0.6) is 0 Å². The molecule has 9 aliphatic rings. The number of nitrogens with zero attached hydrogens (tertiary/aromatic N) is 19. The van der Waals surface area contributed by atoms with Gasteiger partial charge in [0.05, 0.1) is 31.4 Å². The number of hydrogen-bond donors (Lipinski definition) is 1. The van der Waals surface area contributed by atoms with Crippen LogP contribution in [-0.2, 0) is 94.0 Å². The van der Waals surface area contributed by atoms with Gasteiger partial charge in [-0.25, -0.2) is 49.1 Å². The summed E-state index contributed by atoms with van der Waals surface area (Å²) >= 11 is 5.02. The van der Waals surface area contributed by atoms with Crippen molar-refractivity contribution in [2.75, 3.05) is 199 Å². The molecule has 0 spiro atoms. The molecule has 0 saturated carbocycles. The topological polar surface area (TPSA) is 466 Å². The minimum atomic E-state index is -3.58. The molecular formula is C54H100N20O23S6. The van der Waals surface area contributed by atoms with Crippen LogP contribution >= 0.6 is 12.2 Å². The Labute approximate surface area is 609 Å². The Bertz CT molecular complexity index is 3810. The molecule has 43 nitrogen and oxygen atoms in total. The molecule has 17 amide bonds. The van der Waals surface area contributed by atoms with Gasteiger partial charge < -0.3 is 29.8 Å². The summed E-state index contributed by atoms with van der Waals surface area (Å²) in [5, 5.41) is 3.27. The van der Waals surface area contributed by atoms with Crippen molar-refractivity contribution in [2.24, 2.45) is 5.92 Å². The average Bonchev–Trinajstić information content (AvgIpc) is 1.69. The second kappa shape index (κ2) is 37.4. The van der Waals surface area contributed by atoms with Crippen molar-refractivity contribution in [2.45, 2.75) is 65.0 Å². The SMILES string of the molecule is CC1NC(=O)N(C)C(=O)C1C.CN1C(=O)C(C)(C)N(C)C1=S.CN1CC(=O)N(C)C(=O)C1.CN1CC(=O)N(C)C(=O)C1=O.CN1CCC(=O)N(C)S1(=O)=O.CN1CCCC(=O)N(C)S1(=O)=O.CN1CCCS(=O)(=O)N(C)C1=O.CN1CCN(C)S(=O)(=O)N(C)C1=O.CN1CN(C)S(=O)(=O)N(C)C1=O. The van der Waals surface area contributed by atoms with E-state index in [4.69, 9.17) is 12.2 Å². The highest BCUT2D eigenvalue weighted by Crippen LogP contribution is 2.24. The third-order valence-corrected chi connectivity index (χ3v) is 26.6. The van der Waals surface area contributed by atoms with E-state index in [0.717, 1.165) is 49.1 Å². The highest BCUT2D eigenvalue weighted by Gasteiger charge is 2.45. The second-order valence-corrected chi connectivity index (χ2v) is 35.7. The number of imide groups is 3. The quantitative estimate of drug-likeness (QED) is 0.134. The lowest BCUT2D eigenvalue weighted by Gasteiger charge is -2.35. The Kier molecular flexibility index (Phi) is 33.9. The average molecular weight is 1590 g/mol. The third-order valence-electron chi connectivity index (χ3n) is 16.9. The maximum atomic E-state index is 11.5. The zero-order chi connectivity index (χ0) is 80.8. The first-order valence-electron chi connectivity index (χ1n) is 30.9. The molecule has 9 saturated heterocycles. The Balaban J connectivity index is 0.000000580. The van der Waals surface area contributed by atoms with E-state index >= 15 is 0 Å². The fourth-order valence-electron chi connectivity index (χ4n) is 8.84. The molecular weight excluding hydrogens is 1490 g/mol. The molecule has 103 heavy (non-hydrogen) atoms. The number of piperazine rings is 2. The highest BCUT2D eigenvalue weighted by molar-refractivity contribution is 7.89. The maximum Gasteiger partial charge on any atom is 0.335 e. The zero-order valence-electron chi connectivity index (χ0n) is 62.4. The van der Waals surface area contributed by atoms with Crippen molar-refractivity contribution in [3.05, 3.63) is 0 Å². The number of rotatable bonds is 0. The largest absolute Gasteiger partial charge is 0.338 e. The van der Waals surface area contributed by atoms with Gasteiger partial charge in [-0.15, -0.1) is 0 Å². The molecule has 0 aliphatic carbocycles. The van der Waals surface area contributed by atoms with Gasteiger partial charge in [0.2, 0.25) is 45.5 Å². The molecule has 49 heteroatoms. The van der Waals surface area contributed by atoms with Crippen LogP contribution in [0.2, 0.25) is 0 Å². The van der Waals surface area contributed by atoms with Gasteiger partial charge in [0.25, 0.3) is 5.91 Å². The van der Waals surface area contributed by atoms with Crippen LogP contribution in [0.3, 0.4) is 0 Å². The lowest BCUT2D eigenvalue weighted by atomic mass is 10.0. The Hall–Kier alpha value is -7.65. The molecule has 0 aromatic heterocycles. The van der Waals surface area contributed by atoms with Crippen molar-refractivity contribution < 1.29 is 104 Å². The van der Waals surface area contributed by atoms with Crippen LogP contribution < -0.4 is 5.32 Å². The molecule has 0 radical (unpaired) electrons. The molecule has 0 bridgehead atoms. The molecule has 2 atom stereocenters. The molecule has 9 heterocycles. The molecule has 9 rings (SSSR count). The van der Waals surface area contributed by atoms with E-state index in [-0.39, 0.29) is 91.3 Å². The van der Waals surface area contributed by atoms with Crippen LogP contribution in [-0.4, -0.2) is 423 Å². The van der Waals surface area contributed by atoms with Gasteiger partial charge in [-0.1, -0.05) is 6.92 Å². The van der Waals surface area contributed by atoms with Crippen LogP contribution in [0, 0.1) is 5.92 Å². The number of urea groups is 4. The fraction of sp³-hybridized carbons (Fsp3) is 0.741. The van der Waals surface area contributed by atoms with Crippen molar-refractivity contribution in [1.82, 2.24) is 93.1 Å². The number of thiocarbonyl (C=S) groups is 1. The lowest BCUT2D eigenvalue weighted by molar-refractivity contribution is -0.161. The van der Waals surface area contributed by atoms with Gasteiger partial charge in [0, 0.05) is 178 Å². The summed E-state index contributed by atoms with van der Waals surface area (Å²) in [6.07, 6.45) is 1.68. The van der Waals surface area contributed by atoms with Crippen LogP contribution in [0.15, 0.2) is 0 Å². The van der Waals surface area contributed by atoms with Crippen molar-refractivity contribution >= 4 is 145 Å². The number of sulfonamides is 1. The summed E-state index contributed by atoms with van der Waals surface area (Å²) in [4.78, 5) is 157. The first kappa shape index (κ1) is 93.4. The number of hydrogen-bond acceptors (Lipinski definition) is 25.